The number of aliphatic hydroxyl groups is 1. The summed E-state index contributed by atoms with van der Waals surface area (Å²) >= 11 is 0. The largest absolute Gasteiger partial charge is 0.395 e. The summed E-state index contributed by atoms with van der Waals surface area (Å²) in [6.45, 7) is -0.265. The first-order valence-electron chi connectivity index (χ1n) is 9.91. The molecule has 2 aromatic heterocycles. The van der Waals surface area contributed by atoms with Gasteiger partial charge in [0.1, 0.15) is 5.69 Å². The summed E-state index contributed by atoms with van der Waals surface area (Å²) in [6, 6.07) is 18.3. The summed E-state index contributed by atoms with van der Waals surface area (Å²) < 4.78 is 27.4. The van der Waals surface area contributed by atoms with Crippen LogP contribution < -0.4 is 9.62 Å². The van der Waals surface area contributed by atoms with Crippen molar-refractivity contribution >= 4 is 27.6 Å². The SMILES string of the molecule is O=C(c1cc(-c2ccccc2)n[nH]1)N(CCO)c1ccc(S(=O)(=O)Nc2ncccn2)cc1. The lowest BCUT2D eigenvalue weighted by molar-refractivity contribution is 0.0976. The number of carbonyl (C=O) groups excluding carboxylic acids is 1. The zero-order chi connectivity index (χ0) is 23.3. The lowest BCUT2D eigenvalue weighted by Crippen LogP contribution is -2.33. The van der Waals surface area contributed by atoms with Gasteiger partial charge in [0.15, 0.2) is 0 Å². The number of anilines is 2. The molecule has 0 atom stereocenters. The second-order valence-electron chi connectivity index (χ2n) is 6.89. The molecule has 0 spiro atoms. The molecule has 0 bridgehead atoms. The van der Waals surface area contributed by atoms with Crippen molar-refractivity contribution in [2.45, 2.75) is 4.90 Å². The van der Waals surface area contributed by atoms with E-state index < -0.39 is 15.9 Å². The molecular formula is C22H20N6O4S. The molecule has 4 aromatic rings. The Kier molecular flexibility index (Phi) is 6.43. The lowest BCUT2D eigenvalue weighted by Gasteiger charge is -2.21. The van der Waals surface area contributed by atoms with Gasteiger partial charge in [0.05, 0.1) is 17.2 Å². The molecular weight excluding hydrogens is 444 g/mol. The molecule has 4 rings (SSSR count). The van der Waals surface area contributed by atoms with Crippen molar-refractivity contribution in [3.63, 3.8) is 0 Å². The van der Waals surface area contributed by atoms with Crippen molar-refractivity contribution in [1.82, 2.24) is 20.2 Å². The van der Waals surface area contributed by atoms with E-state index in [1.165, 1.54) is 41.6 Å². The highest BCUT2D eigenvalue weighted by Crippen LogP contribution is 2.23. The summed E-state index contributed by atoms with van der Waals surface area (Å²) in [6.07, 6.45) is 2.84. The molecule has 0 aliphatic rings. The number of hydrogen-bond acceptors (Lipinski definition) is 7. The third-order valence-corrected chi connectivity index (χ3v) is 6.04. The van der Waals surface area contributed by atoms with Gasteiger partial charge in [-0.25, -0.2) is 23.1 Å². The van der Waals surface area contributed by atoms with Crippen molar-refractivity contribution in [3.8, 4) is 11.3 Å². The monoisotopic (exact) mass is 464 g/mol. The van der Waals surface area contributed by atoms with Crippen LogP contribution in [0.25, 0.3) is 11.3 Å². The van der Waals surface area contributed by atoms with Crippen LogP contribution in [0.3, 0.4) is 0 Å². The van der Waals surface area contributed by atoms with Crippen LogP contribution in [0.2, 0.25) is 0 Å². The highest BCUT2D eigenvalue weighted by atomic mass is 32.2. The number of aromatic amines is 1. The third kappa shape index (κ3) is 5.05. The van der Waals surface area contributed by atoms with Gasteiger partial charge in [0.25, 0.3) is 15.9 Å². The van der Waals surface area contributed by atoms with Gasteiger partial charge < -0.3 is 10.0 Å². The molecule has 168 valence electrons. The molecule has 0 saturated carbocycles. The number of sulfonamides is 1. The van der Waals surface area contributed by atoms with Crippen LogP contribution in [0.5, 0.6) is 0 Å². The minimum Gasteiger partial charge on any atom is -0.395 e. The molecule has 10 nitrogen and oxygen atoms in total. The zero-order valence-electron chi connectivity index (χ0n) is 17.3. The molecule has 0 aliphatic heterocycles. The van der Waals surface area contributed by atoms with E-state index in [4.69, 9.17) is 0 Å². The Balaban J connectivity index is 1.56. The number of aliphatic hydroxyl groups excluding tert-OH is 1. The second kappa shape index (κ2) is 9.59. The van der Waals surface area contributed by atoms with E-state index in [1.54, 1.807) is 12.1 Å². The maximum absolute atomic E-state index is 13.1. The summed E-state index contributed by atoms with van der Waals surface area (Å²) in [5.74, 6) is -0.461. The average Bonchev–Trinajstić information content (AvgIpc) is 3.34. The van der Waals surface area contributed by atoms with Gasteiger partial charge in [-0.2, -0.15) is 5.10 Å². The number of amides is 1. The predicted molar refractivity (Wildman–Crippen MR) is 122 cm³/mol. The summed E-state index contributed by atoms with van der Waals surface area (Å²) in [5, 5.41) is 16.4. The molecule has 0 fully saturated rings. The standard InChI is InChI=1S/C22H20N6O4S/c29-14-13-28(21(30)20-15-19(25-26-20)16-5-2-1-3-6-16)17-7-9-18(10-8-17)33(31,32)27-22-23-11-4-12-24-22/h1-12,15,29H,13-14H2,(H,25,26)(H,23,24,27). The van der Waals surface area contributed by atoms with Crippen LogP contribution >= 0.6 is 0 Å². The normalized spacial score (nSPS) is 11.2. The number of hydrogen-bond donors (Lipinski definition) is 3. The number of nitrogens with zero attached hydrogens (tertiary/aromatic N) is 4. The molecule has 2 aromatic carbocycles. The number of nitrogens with one attached hydrogen (secondary N) is 2. The van der Waals surface area contributed by atoms with Crippen molar-refractivity contribution < 1.29 is 18.3 Å². The van der Waals surface area contributed by atoms with Crippen molar-refractivity contribution in [2.75, 3.05) is 22.8 Å². The van der Waals surface area contributed by atoms with Crippen LogP contribution in [-0.2, 0) is 10.0 Å². The lowest BCUT2D eigenvalue weighted by atomic mass is 10.1. The highest BCUT2D eigenvalue weighted by Gasteiger charge is 2.21. The Morgan fingerprint density at radius 3 is 2.36 bits per heavy atom. The Morgan fingerprint density at radius 1 is 1.00 bits per heavy atom. The van der Waals surface area contributed by atoms with Gasteiger partial charge in [0, 0.05) is 30.2 Å². The predicted octanol–water partition coefficient (Wildman–Crippen LogP) is 2.31. The number of H-pyrrole nitrogens is 1. The van der Waals surface area contributed by atoms with Crippen molar-refractivity contribution in [3.05, 3.63) is 84.8 Å². The van der Waals surface area contributed by atoms with Gasteiger partial charge in [0.2, 0.25) is 5.95 Å². The summed E-state index contributed by atoms with van der Waals surface area (Å²) in [7, 11) is -3.91. The van der Waals surface area contributed by atoms with Gasteiger partial charge in [-0.15, -0.1) is 0 Å². The van der Waals surface area contributed by atoms with E-state index in [9.17, 15) is 18.3 Å². The number of benzene rings is 2. The van der Waals surface area contributed by atoms with Gasteiger partial charge in [-0.3, -0.25) is 9.89 Å². The molecule has 0 aliphatic carbocycles. The van der Waals surface area contributed by atoms with Crippen LogP contribution in [0.4, 0.5) is 11.6 Å². The summed E-state index contributed by atoms with van der Waals surface area (Å²) in [4.78, 5) is 22.1. The van der Waals surface area contributed by atoms with E-state index in [1.807, 2.05) is 30.3 Å². The van der Waals surface area contributed by atoms with Gasteiger partial charge in [-0.1, -0.05) is 30.3 Å². The quantitative estimate of drug-likeness (QED) is 0.363. The first-order valence-corrected chi connectivity index (χ1v) is 11.4. The summed E-state index contributed by atoms with van der Waals surface area (Å²) in [5.41, 5.74) is 2.12. The maximum atomic E-state index is 13.1. The van der Waals surface area contributed by atoms with Crippen molar-refractivity contribution in [1.29, 1.82) is 0 Å². The van der Waals surface area contributed by atoms with E-state index in [2.05, 4.69) is 24.9 Å². The molecule has 2 heterocycles. The topological polar surface area (TPSA) is 141 Å². The van der Waals surface area contributed by atoms with Gasteiger partial charge in [-0.05, 0) is 36.4 Å². The second-order valence-corrected chi connectivity index (χ2v) is 8.57. The van der Waals surface area contributed by atoms with Gasteiger partial charge >= 0.3 is 0 Å². The minimum atomic E-state index is -3.91. The minimum absolute atomic E-state index is 0.0146. The van der Waals surface area contributed by atoms with E-state index in [-0.39, 0.29) is 29.7 Å². The molecule has 0 radical (unpaired) electrons. The average molecular weight is 465 g/mol. The fourth-order valence-corrected chi connectivity index (χ4v) is 4.08. The van der Waals surface area contributed by atoms with Crippen molar-refractivity contribution in [2.24, 2.45) is 0 Å². The third-order valence-electron chi connectivity index (χ3n) is 4.70. The zero-order valence-corrected chi connectivity index (χ0v) is 18.1. The van der Waals surface area contributed by atoms with Crippen LogP contribution in [0.1, 0.15) is 10.5 Å². The Labute approximate surface area is 190 Å². The van der Waals surface area contributed by atoms with E-state index in [0.29, 0.717) is 11.4 Å². The number of rotatable bonds is 8. The van der Waals surface area contributed by atoms with E-state index >= 15 is 0 Å². The fraction of sp³-hybridized carbons (Fsp3) is 0.0909. The van der Waals surface area contributed by atoms with Crippen LogP contribution in [0.15, 0.2) is 84.0 Å². The Morgan fingerprint density at radius 2 is 1.70 bits per heavy atom. The number of carbonyl (C=O) groups is 1. The molecule has 3 N–H and O–H groups in total. The van der Waals surface area contributed by atoms with E-state index in [0.717, 1.165) is 5.56 Å². The van der Waals surface area contributed by atoms with Crippen LogP contribution in [0, 0.1) is 0 Å². The Hall–Kier alpha value is -4.09. The smallest absolute Gasteiger partial charge is 0.276 e. The molecule has 33 heavy (non-hydrogen) atoms. The highest BCUT2D eigenvalue weighted by molar-refractivity contribution is 7.92. The molecule has 0 saturated heterocycles. The first kappa shape index (κ1) is 22.1. The molecule has 1 amide bonds. The maximum Gasteiger partial charge on any atom is 0.276 e. The molecule has 0 unspecified atom stereocenters. The number of aromatic nitrogens is 4. The van der Waals surface area contributed by atoms with Crippen LogP contribution in [-0.4, -0.2) is 52.7 Å². The first-order chi connectivity index (χ1) is 16.0. The molecule has 11 heteroatoms. The fourth-order valence-electron chi connectivity index (χ4n) is 3.12. The Bertz CT molecular complexity index is 1330.